The van der Waals surface area contributed by atoms with Gasteiger partial charge < -0.3 is 0 Å². The van der Waals surface area contributed by atoms with Gasteiger partial charge in [-0.3, -0.25) is 0 Å². The third-order valence-electron chi connectivity index (χ3n) is 2.46. The van der Waals surface area contributed by atoms with Gasteiger partial charge in [0.05, 0.1) is 0 Å². The maximum atomic E-state index is 4.07. The highest BCUT2D eigenvalue weighted by molar-refractivity contribution is 5.16. The minimum atomic E-state index is 0.663. The van der Waals surface area contributed by atoms with Crippen LogP contribution in [0.15, 0.2) is 24.3 Å². The van der Waals surface area contributed by atoms with Crippen molar-refractivity contribution < 1.29 is 0 Å². The average Bonchev–Trinajstić information content (AvgIpc) is 1.82. The molecule has 0 radical (unpaired) electrons. The van der Waals surface area contributed by atoms with Gasteiger partial charge in [0.15, 0.2) is 0 Å². The zero-order valence-electron chi connectivity index (χ0n) is 6.98. The topological polar surface area (TPSA) is 0 Å². The maximum absolute atomic E-state index is 4.07. The molecule has 0 heteroatoms. The van der Waals surface area contributed by atoms with Gasteiger partial charge in [-0.15, -0.1) is 0 Å². The molecule has 0 aromatic heterocycles. The van der Waals surface area contributed by atoms with E-state index in [2.05, 4.69) is 27.0 Å². The van der Waals surface area contributed by atoms with E-state index < -0.39 is 0 Å². The molecule has 1 aliphatic carbocycles. The fraction of sp³-hybridized carbons (Fsp3) is 0.600. The van der Waals surface area contributed by atoms with Crippen LogP contribution >= 0.6 is 0 Å². The molecule has 0 bridgehead atoms. The van der Waals surface area contributed by atoms with Crippen molar-refractivity contribution in [1.82, 2.24) is 0 Å². The lowest BCUT2D eigenvalue weighted by Crippen LogP contribution is -2.15. The van der Waals surface area contributed by atoms with Gasteiger partial charge in [-0.2, -0.15) is 0 Å². The van der Waals surface area contributed by atoms with Crippen molar-refractivity contribution in [3.8, 4) is 0 Å². The molecule has 0 spiro atoms. The summed E-state index contributed by atoms with van der Waals surface area (Å²) < 4.78 is 0. The molecule has 1 rings (SSSR count). The summed E-state index contributed by atoms with van der Waals surface area (Å²) in [4.78, 5) is 0. The Labute approximate surface area is 63.6 Å². The second-order valence-corrected chi connectivity index (χ2v) is 3.54. The SMILES string of the molecule is C=C1CC(C)C(=C)C(C)C1. The highest BCUT2D eigenvalue weighted by atomic mass is 14.3. The summed E-state index contributed by atoms with van der Waals surface area (Å²) in [7, 11) is 0. The Morgan fingerprint density at radius 3 is 1.90 bits per heavy atom. The van der Waals surface area contributed by atoms with Gasteiger partial charge in [0.25, 0.3) is 0 Å². The molecule has 1 aliphatic rings. The van der Waals surface area contributed by atoms with Crippen molar-refractivity contribution in [2.75, 3.05) is 0 Å². The van der Waals surface area contributed by atoms with Crippen LogP contribution in [0.25, 0.3) is 0 Å². The van der Waals surface area contributed by atoms with Crippen molar-refractivity contribution >= 4 is 0 Å². The summed E-state index contributed by atoms with van der Waals surface area (Å²) in [6, 6.07) is 0. The van der Waals surface area contributed by atoms with Crippen molar-refractivity contribution in [3.63, 3.8) is 0 Å². The molecule has 0 heterocycles. The lowest BCUT2D eigenvalue weighted by Gasteiger charge is -2.28. The average molecular weight is 136 g/mol. The molecule has 10 heavy (non-hydrogen) atoms. The van der Waals surface area contributed by atoms with E-state index in [9.17, 15) is 0 Å². The molecule has 56 valence electrons. The van der Waals surface area contributed by atoms with Crippen LogP contribution in [0.2, 0.25) is 0 Å². The molecule has 2 atom stereocenters. The summed E-state index contributed by atoms with van der Waals surface area (Å²) >= 11 is 0. The third-order valence-corrected chi connectivity index (χ3v) is 2.46. The fourth-order valence-electron chi connectivity index (χ4n) is 1.70. The van der Waals surface area contributed by atoms with Crippen molar-refractivity contribution in [1.29, 1.82) is 0 Å². The largest absolute Gasteiger partial charge is 0.0998 e. The van der Waals surface area contributed by atoms with Crippen LogP contribution in [-0.4, -0.2) is 0 Å². The monoisotopic (exact) mass is 136 g/mol. The van der Waals surface area contributed by atoms with Crippen molar-refractivity contribution in [3.05, 3.63) is 24.3 Å². The highest BCUT2D eigenvalue weighted by Crippen LogP contribution is 2.34. The van der Waals surface area contributed by atoms with Gasteiger partial charge in [0.1, 0.15) is 0 Å². The first-order chi connectivity index (χ1) is 4.61. The molecule has 0 saturated heterocycles. The smallest absolute Gasteiger partial charge is 0.0194 e. The van der Waals surface area contributed by atoms with E-state index in [1.165, 1.54) is 11.1 Å². The predicted octanol–water partition coefficient (Wildman–Crippen LogP) is 3.16. The second kappa shape index (κ2) is 2.61. The summed E-state index contributed by atoms with van der Waals surface area (Å²) in [6.45, 7) is 12.6. The molecule has 0 amide bonds. The minimum absolute atomic E-state index is 0.663. The van der Waals surface area contributed by atoms with Gasteiger partial charge in [0, 0.05) is 0 Å². The van der Waals surface area contributed by atoms with Crippen LogP contribution in [0.4, 0.5) is 0 Å². The van der Waals surface area contributed by atoms with E-state index in [4.69, 9.17) is 0 Å². The normalized spacial score (nSPS) is 34.6. The number of rotatable bonds is 0. The molecular formula is C10H16. The Morgan fingerprint density at radius 2 is 1.50 bits per heavy atom. The van der Waals surface area contributed by atoms with Gasteiger partial charge >= 0.3 is 0 Å². The fourth-order valence-corrected chi connectivity index (χ4v) is 1.70. The first kappa shape index (κ1) is 7.59. The summed E-state index contributed by atoms with van der Waals surface area (Å²) in [6.07, 6.45) is 2.31. The molecule has 1 fully saturated rings. The van der Waals surface area contributed by atoms with E-state index in [-0.39, 0.29) is 0 Å². The van der Waals surface area contributed by atoms with E-state index in [0.29, 0.717) is 11.8 Å². The molecule has 2 unspecified atom stereocenters. The highest BCUT2D eigenvalue weighted by Gasteiger charge is 2.20. The second-order valence-electron chi connectivity index (χ2n) is 3.54. The van der Waals surface area contributed by atoms with Crippen molar-refractivity contribution in [2.24, 2.45) is 11.8 Å². The Bertz CT molecular complexity index is 149. The van der Waals surface area contributed by atoms with E-state index in [0.717, 1.165) is 12.8 Å². The molecule has 0 aromatic carbocycles. The molecule has 0 aliphatic heterocycles. The van der Waals surface area contributed by atoms with Crippen LogP contribution in [-0.2, 0) is 0 Å². The first-order valence-corrected chi connectivity index (χ1v) is 3.96. The molecule has 0 N–H and O–H groups in total. The first-order valence-electron chi connectivity index (χ1n) is 3.96. The summed E-state index contributed by atoms with van der Waals surface area (Å²) in [5.74, 6) is 1.33. The molecule has 1 saturated carbocycles. The van der Waals surface area contributed by atoms with Crippen LogP contribution < -0.4 is 0 Å². The van der Waals surface area contributed by atoms with Gasteiger partial charge in [0.2, 0.25) is 0 Å². The Hall–Kier alpha value is -0.520. The standard InChI is InChI=1S/C10H16/c1-7-5-8(2)10(4)9(3)6-7/h8-9H,1,4-6H2,2-3H3. The maximum Gasteiger partial charge on any atom is -0.0194 e. The minimum Gasteiger partial charge on any atom is -0.0998 e. The number of hydrogen-bond acceptors (Lipinski definition) is 0. The van der Waals surface area contributed by atoms with Crippen LogP contribution in [0.3, 0.4) is 0 Å². The summed E-state index contributed by atoms with van der Waals surface area (Å²) in [5.41, 5.74) is 2.81. The molecular weight excluding hydrogens is 120 g/mol. The van der Waals surface area contributed by atoms with E-state index in [1.54, 1.807) is 0 Å². The predicted molar refractivity (Wildman–Crippen MR) is 45.8 cm³/mol. The lowest BCUT2D eigenvalue weighted by molar-refractivity contribution is 0.484. The number of allylic oxidation sites excluding steroid dienone is 2. The van der Waals surface area contributed by atoms with Crippen LogP contribution in [0.5, 0.6) is 0 Å². The van der Waals surface area contributed by atoms with Gasteiger partial charge in [-0.05, 0) is 24.7 Å². The Balaban J connectivity index is 2.66. The van der Waals surface area contributed by atoms with Crippen LogP contribution in [0.1, 0.15) is 26.7 Å². The number of hydrogen-bond donors (Lipinski definition) is 0. The van der Waals surface area contributed by atoms with Gasteiger partial charge in [-0.25, -0.2) is 0 Å². The quantitative estimate of drug-likeness (QED) is 0.449. The van der Waals surface area contributed by atoms with E-state index >= 15 is 0 Å². The Morgan fingerprint density at radius 1 is 1.10 bits per heavy atom. The van der Waals surface area contributed by atoms with Gasteiger partial charge in [-0.1, -0.05) is 38.2 Å². The van der Waals surface area contributed by atoms with E-state index in [1.807, 2.05) is 0 Å². The summed E-state index contributed by atoms with van der Waals surface area (Å²) in [5, 5.41) is 0. The lowest BCUT2D eigenvalue weighted by atomic mass is 9.77. The zero-order chi connectivity index (χ0) is 7.72. The molecule has 0 nitrogen and oxygen atoms in total. The molecule has 0 aromatic rings. The zero-order valence-corrected chi connectivity index (χ0v) is 6.98. The van der Waals surface area contributed by atoms with Crippen molar-refractivity contribution in [2.45, 2.75) is 26.7 Å². The Kier molecular flexibility index (Phi) is 1.98. The van der Waals surface area contributed by atoms with Crippen LogP contribution in [0, 0.1) is 11.8 Å². The third kappa shape index (κ3) is 1.31.